The van der Waals surface area contributed by atoms with E-state index in [-0.39, 0.29) is 17.8 Å². The van der Waals surface area contributed by atoms with E-state index in [2.05, 4.69) is 0 Å². The summed E-state index contributed by atoms with van der Waals surface area (Å²) in [6.07, 6.45) is 4.55. The third-order valence-corrected chi connectivity index (χ3v) is 4.03. The summed E-state index contributed by atoms with van der Waals surface area (Å²) in [6.45, 7) is 0.375. The lowest BCUT2D eigenvalue weighted by Gasteiger charge is -2.59. The topological polar surface area (TPSA) is 63.6 Å². The van der Waals surface area contributed by atoms with Crippen molar-refractivity contribution in [2.24, 2.45) is 16.7 Å². The zero-order valence-electron chi connectivity index (χ0n) is 7.53. The molecule has 0 aromatic heterocycles. The lowest BCUT2D eigenvalue weighted by molar-refractivity contribution is -0.165. The van der Waals surface area contributed by atoms with Crippen LogP contribution < -0.4 is 0 Å². The molecule has 1 aliphatic heterocycles. The van der Waals surface area contributed by atoms with E-state index in [4.69, 9.17) is 9.84 Å². The van der Waals surface area contributed by atoms with Gasteiger partial charge in [0.15, 0.2) is 0 Å². The Balaban J connectivity index is 2.00. The van der Waals surface area contributed by atoms with Crippen molar-refractivity contribution in [3.63, 3.8) is 0 Å². The van der Waals surface area contributed by atoms with Gasteiger partial charge < -0.3 is 9.84 Å². The highest BCUT2D eigenvalue weighted by molar-refractivity contribution is 5.88. The van der Waals surface area contributed by atoms with Crippen molar-refractivity contribution in [1.29, 1.82) is 0 Å². The Morgan fingerprint density at radius 2 is 2.50 bits per heavy atom. The Labute approximate surface area is 80.5 Å². The second-order valence-electron chi connectivity index (χ2n) is 4.44. The highest BCUT2D eigenvalue weighted by Gasteiger charge is 2.75. The van der Waals surface area contributed by atoms with Crippen LogP contribution in [-0.4, -0.2) is 23.7 Å². The molecule has 3 rings (SSSR count). The number of cyclic esters (lactones) is 1. The number of hydrogen-bond acceptors (Lipinski definition) is 3. The maximum Gasteiger partial charge on any atom is 0.313 e. The number of aliphatic carboxylic acids is 1. The molecule has 0 radical (unpaired) electrons. The Bertz CT molecular complexity index is 372. The Morgan fingerprint density at radius 1 is 1.71 bits per heavy atom. The highest BCUT2D eigenvalue weighted by atomic mass is 16.5. The van der Waals surface area contributed by atoms with Gasteiger partial charge in [-0.1, -0.05) is 12.2 Å². The fourth-order valence-corrected chi connectivity index (χ4v) is 3.12. The predicted octanol–water partition coefficient (Wildman–Crippen LogP) is 0.580. The molecule has 2 aliphatic carbocycles. The van der Waals surface area contributed by atoms with Crippen molar-refractivity contribution >= 4 is 11.9 Å². The van der Waals surface area contributed by atoms with E-state index in [1.54, 1.807) is 0 Å². The molecule has 74 valence electrons. The number of esters is 1. The van der Waals surface area contributed by atoms with Crippen LogP contribution >= 0.6 is 0 Å². The summed E-state index contributed by atoms with van der Waals surface area (Å²) >= 11 is 0. The van der Waals surface area contributed by atoms with Crippen molar-refractivity contribution in [2.75, 3.05) is 6.61 Å². The first-order chi connectivity index (χ1) is 6.61. The largest absolute Gasteiger partial charge is 0.481 e. The average Bonchev–Trinajstić information content (AvgIpc) is 2.35. The molecular formula is C10H10O4. The maximum absolute atomic E-state index is 11.6. The van der Waals surface area contributed by atoms with Gasteiger partial charge in [0.2, 0.25) is 0 Å². The number of hydrogen-bond donors (Lipinski definition) is 1. The molecule has 14 heavy (non-hydrogen) atoms. The SMILES string of the molecule is O=C(O)C[C@@]12C[C@H]3C=C[C@]31COC2=O. The van der Waals surface area contributed by atoms with E-state index in [9.17, 15) is 9.59 Å². The number of carbonyl (C=O) groups is 2. The molecule has 0 aromatic carbocycles. The zero-order chi connectivity index (χ0) is 9.97. The van der Waals surface area contributed by atoms with E-state index < -0.39 is 11.4 Å². The monoisotopic (exact) mass is 194 g/mol. The highest BCUT2D eigenvalue weighted by Crippen LogP contribution is 2.71. The standard InChI is InChI=1S/C10H10O4/c11-7(12)4-10-3-6-1-2-9(6,10)5-14-8(10)13/h1-2,6H,3-5H2,(H,11,12)/t6-,9+,10-/m1/s1. The quantitative estimate of drug-likeness (QED) is 0.516. The molecule has 2 fully saturated rings. The minimum atomic E-state index is -0.915. The molecule has 0 unspecified atom stereocenters. The molecule has 0 amide bonds. The van der Waals surface area contributed by atoms with Crippen LogP contribution in [-0.2, 0) is 14.3 Å². The van der Waals surface area contributed by atoms with Gasteiger partial charge >= 0.3 is 11.9 Å². The van der Waals surface area contributed by atoms with E-state index >= 15 is 0 Å². The number of rotatable bonds is 2. The van der Waals surface area contributed by atoms with E-state index in [0.717, 1.165) is 0 Å². The van der Waals surface area contributed by atoms with Gasteiger partial charge in [0.05, 0.1) is 11.8 Å². The molecule has 3 aliphatic rings. The summed E-state index contributed by atoms with van der Waals surface area (Å²) in [4.78, 5) is 22.3. The fourth-order valence-electron chi connectivity index (χ4n) is 3.12. The Morgan fingerprint density at radius 3 is 3.00 bits per heavy atom. The molecule has 1 N–H and O–H groups in total. The first kappa shape index (κ1) is 8.03. The van der Waals surface area contributed by atoms with Crippen molar-refractivity contribution in [3.05, 3.63) is 12.2 Å². The normalized spacial score (nSPS) is 47.1. The van der Waals surface area contributed by atoms with Crippen molar-refractivity contribution in [1.82, 2.24) is 0 Å². The van der Waals surface area contributed by atoms with Gasteiger partial charge in [0, 0.05) is 5.41 Å². The predicted molar refractivity (Wildman–Crippen MR) is 45.3 cm³/mol. The minimum Gasteiger partial charge on any atom is -0.481 e. The van der Waals surface area contributed by atoms with Crippen LogP contribution in [0.2, 0.25) is 0 Å². The second kappa shape index (κ2) is 2.02. The Hall–Kier alpha value is -1.32. The lowest BCUT2D eigenvalue weighted by Crippen LogP contribution is -2.62. The smallest absolute Gasteiger partial charge is 0.313 e. The van der Waals surface area contributed by atoms with Gasteiger partial charge in [-0.25, -0.2) is 0 Å². The summed E-state index contributed by atoms with van der Waals surface area (Å²) in [5.41, 5.74) is -0.999. The van der Waals surface area contributed by atoms with Crippen LogP contribution in [0.15, 0.2) is 12.2 Å². The van der Waals surface area contributed by atoms with E-state index in [1.165, 1.54) is 0 Å². The average molecular weight is 194 g/mol. The van der Waals surface area contributed by atoms with Gasteiger partial charge in [0.1, 0.15) is 6.61 Å². The van der Waals surface area contributed by atoms with Crippen LogP contribution in [0.3, 0.4) is 0 Å². The Kier molecular flexibility index (Phi) is 1.16. The van der Waals surface area contributed by atoms with Crippen molar-refractivity contribution < 1.29 is 19.4 Å². The van der Waals surface area contributed by atoms with Crippen LogP contribution in [0.25, 0.3) is 0 Å². The summed E-state index contributed by atoms with van der Waals surface area (Å²) in [7, 11) is 0. The summed E-state index contributed by atoms with van der Waals surface area (Å²) in [5, 5.41) is 8.80. The van der Waals surface area contributed by atoms with Crippen LogP contribution in [0, 0.1) is 16.7 Å². The molecule has 1 spiro atoms. The third kappa shape index (κ3) is 0.576. The summed E-state index contributed by atoms with van der Waals surface area (Å²) in [5.74, 6) is -0.865. The maximum atomic E-state index is 11.6. The molecule has 4 nitrogen and oxygen atoms in total. The first-order valence-electron chi connectivity index (χ1n) is 4.69. The molecule has 3 atom stereocenters. The molecule has 1 saturated heterocycles. The van der Waals surface area contributed by atoms with Gasteiger partial charge in [0.25, 0.3) is 0 Å². The van der Waals surface area contributed by atoms with Gasteiger partial charge in [-0.2, -0.15) is 0 Å². The molecule has 1 saturated carbocycles. The fraction of sp³-hybridized carbons (Fsp3) is 0.600. The molecule has 4 heteroatoms. The van der Waals surface area contributed by atoms with Gasteiger partial charge in [-0.3, -0.25) is 9.59 Å². The van der Waals surface area contributed by atoms with Crippen LogP contribution in [0.1, 0.15) is 12.8 Å². The number of allylic oxidation sites excluding steroid dienone is 1. The zero-order valence-corrected chi connectivity index (χ0v) is 7.53. The van der Waals surface area contributed by atoms with E-state index in [0.29, 0.717) is 18.9 Å². The molecule has 0 aromatic rings. The van der Waals surface area contributed by atoms with Crippen molar-refractivity contribution in [3.8, 4) is 0 Å². The second-order valence-corrected chi connectivity index (χ2v) is 4.44. The molecule has 1 heterocycles. The number of carboxylic acid groups (broad SMARTS) is 1. The minimum absolute atomic E-state index is 0.0906. The summed E-state index contributed by atoms with van der Waals surface area (Å²) < 4.78 is 5.02. The number of ether oxygens (including phenoxy) is 1. The summed E-state index contributed by atoms with van der Waals surface area (Å²) in [6, 6.07) is 0. The first-order valence-corrected chi connectivity index (χ1v) is 4.69. The van der Waals surface area contributed by atoms with Crippen molar-refractivity contribution in [2.45, 2.75) is 12.8 Å². The number of carbonyl (C=O) groups excluding carboxylic acids is 1. The third-order valence-electron chi connectivity index (χ3n) is 4.03. The van der Waals surface area contributed by atoms with Crippen LogP contribution in [0.4, 0.5) is 0 Å². The molecule has 0 bridgehead atoms. The van der Waals surface area contributed by atoms with Crippen LogP contribution in [0.5, 0.6) is 0 Å². The molecular weight excluding hydrogens is 184 g/mol. The van der Waals surface area contributed by atoms with Gasteiger partial charge in [-0.05, 0) is 12.3 Å². The number of carboxylic acids is 1. The van der Waals surface area contributed by atoms with E-state index in [1.807, 2.05) is 12.2 Å². The lowest BCUT2D eigenvalue weighted by atomic mass is 9.39. The van der Waals surface area contributed by atoms with Gasteiger partial charge in [-0.15, -0.1) is 0 Å².